The van der Waals surface area contributed by atoms with Gasteiger partial charge in [-0.25, -0.2) is 0 Å². The second-order valence-corrected chi connectivity index (χ2v) is 8.07. The fraction of sp³-hybridized carbons (Fsp3) is 0.381. The van der Waals surface area contributed by atoms with Crippen LogP contribution in [-0.2, 0) is 23.4 Å². The molecule has 0 fully saturated rings. The van der Waals surface area contributed by atoms with E-state index in [9.17, 15) is 4.79 Å². The number of benzene rings is 2. The molecule has 0 aliphatic heterocycles. The van der Waals surface area contributed by atoms with E-state index >= 15 is 0 Å². The van der Waals surface area contributed by atoms with Crippen molar-refractivity contribution < 1.29 is 4.79 Å². The van der Waals surface area contributed by atoms with E-state index in [-0.39, 0.29) is 11.9 Å². The third-order valence-corrected chi connectivity index (χ3v) is 5.88. The summed E-state index contributed by atoms with van der Waals surface area (Å²) in [5.74, 6) is 1.33. The van der Waals surface area contributed by atoms with Crippen LogP contribution in [0.25, 0.3) is 0 Å². The van der Waals surface area contributed by atoms with E-state index in [1.165, 1.54) is 42.4 Å². The van der Waals surface area contributed by atoms with Crippen LogP contribution in [0, 0.1) is 0 Å². The van der Waals surface area contributed by atoms with E-state index in [0.717, 1.165) is 16.3 Å². The molecule has 0 saturated heterocycles. The number of nitrogens with one attached hydrogen (secondary N) is 1. The van der Waals surface area contributed by atoms with Crippen molar-refractivity contribution in [3.8, 4) is 0 Å². The molecule has 2 aromatic carbocycles. The van der Waals surface area contributed by atoms with Crippen molar-refractivity contribution in [1.29, 1.82) is 0 Å². The largest absolute Gasteiger partial charge is 0.349 e. The minimum absolute atomic E-state index is 0.0477. The van der Waals surface area contributed by atoms with Crippen molar-refractivity contribution in [3.63, 3.8) is 0 Å². The van der Waals surface area contributed by atoms with Gasteiger partial charge < -0.3 is 5.32 Å². The lowest BCUT2D eigenvalue weighted by atomic mass is 9.89. The molecule has 3 rings (SSSR count). The molecule has 0 saturated carbocycles. The minimum Gasteiger partial charge on any atom is -0.349 e. The van der Waals surface area contributed by atoms with Crippen LogP contribution in [0.5, 0.6) is 0 Å². The molecule has 1 amide bonds. The molecular formula is C21H24ClNOS. The molecule has 2 nitrogen and oxygen atoms in total. The van der Waals surface area contributed by atoms with Crippen LogP contribution in [0.1, 0.15) is 48.1 Å². The first-order valence-electron chi connectivity index (χ1n) is 8.85. The summed E-state index contributed by atoms with van der Waals surface area (Å²) in [6.45, 7) is 2.06. The van der Waals surface area contributed by atoms with Crippen LogP contribution in [0.4, 0.5) is 0 Å². The highest BCUT2D eigenvalue weighted by Gasteiger charge is 2.14. The van der Waals surface area contributed by atoms with Gasteiger partial charge in [0.25, 0.3) is 0 Å². The van der Waals surface area contributed by atoms with E-state index in [1.807, 2.05) is 24.3 Å². The molecule has 4 heteroatoms. The second kappa shape index (κ2) is 8.77. The number of carbonyl (C=O) groups excluding carboxylic acids is 1. The average molecular weight is 374 g/mol. The smallest absolute Gasteiger partial charge is 0.230 e. The highest BCUT2D eigenvalue weighted by atomic mass is 35.5. The predicted octanol–water partition coefficient (Wildman–Crippen LogP) is 5.33. The number of thioether (sulfide) groups is 1. The molecule has 1 atom stereocenters. The van der Waals surface area contributed by atoms with Crippen LogP contribution in [0.3, 0.4) is 0 Å². The Morgan fingerprint density at radius 2 is 1.96 bits per heavy atom. The van der Waals surface area contributed by atoms with Crippen molar-refractivity contribution in [2.24, 2.45) is 0 Å². The third kappa shape index (κ3) is 5.26. The first-order chi connectivity index (χ1) is 12.1. The normalized spacial score (nSPS) is 14.6. The van der Waals surface area contributed by atoms with Gasteiger partial charge in [-0.1, -0.05) is 41.9 Å². The van der Waals surface area contributed by atoms with Crippen molar-refractivity contribution in [2.45, 2.75) is 44.4 Å². The van der Waals surface area contributed by atoms with Crippen molar-refractivity contribution >= 4 is 29.3 Å². The van der Waals surface area contributed by atoms with Crippen LogP contribution >= 0.6 is 23.4 Å². The Balaban J connectivity index is 1.49. The molecule has 1 unspecified atom stereocenters. The highest BCUT2D eigenvalue weighted by molar-refractivity contribution is 7.99. The van der Waals surface area contributed by atoms with E-state index in [0.29, 0.717) is 5.75 Å². The van der Waals surface area contributed by atoms with E-state index in [1.54, 1.807) is 11.8 Å². The number of carbonyl (C=O) groups is 1. The summed E-state index contributed by atoms with van der Waals surface area (Å²) in [5, 5.41) is 3.85. The molecule has 1 aliphatic carbocycles. The maximum absolute atomic E-state index is 12.2. The third-order valence-electron chi connectivity index (χ3n) is 4.64. The lowest BCUT2D eigenvalue weighted by Gasteiger charge is -2.20. The summed E-state index contributed by atoms with van der Waals surface area (Å²) < 4.78 is 0. The van der Waals surface area contributed by atoms with Gasteiger partial charge in [0, 0.05) is 10.8 Å². The Morgan fingerprint density at radius 3 is 2.76 bits per heavy atom. The number of hydrogen-bond donors (Lipinski definition) is 1. The first-order valence-corrected chi connectivity index (χ1v) is 10.4. The fourth-order valence-corrected chi connectivity index (χ4v) is 4.28. The van der Waals surface area contributed by atoms with Crippen molar-refractivity contribution in [2.75, 3.05) is 5.75 Å². The Kier molecular flexibility index (Phi) is 6.44. The molecular weight excluding hydrogens is 350 g/mol. The number of fused-ring (bicyclic) bond motifs is 1. The summed E-state index contributed by atoms with van der Waals surface area (Å²) in [6, 6.07) is 14.5. The van der Waals surface area contributed by atoms with Gasteiger partial charge in [0.2, 0.25) is 5.91 Å². The van der Waals surface area contributed by atoms with Gasteiger partial charge in [0.15, 0.2) is 0 Å². The molecule has 0 heterocycles. The lowest BCUT2D eigenvalue weighted by Crippen LogP contribution is -2.28. The number of rotatable bonds is 6. The molecule has 132 valence electrons. The van der Waals surface area contributed by atoms with Crippen LogP contribution in [0.15, 0.2) is 42.5 Å². The quantitative estimate of drug-likeness (QED) is 0.741. The van der Waals surface area contributed by atoms with Gasteiger partial charge in [-0.15, -0.1) is 11.8 Å². The molecule has 0 aromatic heterocycles. The Bertz CT molecular complexity index is 746. The standard InChI is InChI=1S/C21H24ClNOS/c1-15(18-10-9-17-6-2-3-7-19(17)12-18)23-21(24)14-25-13-16-5-4-8-20(22)11-16/h4-5,8-12,15H,2-3,6-7,13-14H2,1H3,(H,23,24). The first kappa shape index (κ1) is 18.3. The van der Waals surface area contributed by atoms with Crippen molar-refractivity contribution in [1.82, 2.24) is 5.32 Å². The van der Waals surface area contributed by atoms with Gasteiger partial charge in [-0.2, -0.15) is 0 Å². The number of halogens is 1. The van der Waals surface area contributed by atoms with Crippen molar-refractivity contribution in [3.05, 3.63) is 69.7 Å². The zero-order valence-electron chi connectivity index (χ0n) is 14.6. The number of amides is 1. The monoisotopic (exact) mass is 373 g/mol. The fourth-order valence-electron chi connectivity index (χ4n) is 3.28. The molecule has 0 bridgehead atoms. The predicted molar refractivity (Wildman–Crippen MR) is 107 cm³/mol. The van der Waals surface area contributed by atoms with Crippen LogP contribution < -0.4 is 5.32 Å². The molecule has 0 radical (unpaired) electrons. The maximum atomic E-state index is 12.2. The zero-order chi connectivity index (χ0) is 17.6. The lowest BCUT2D eigenvalue weighted by molar-refractivity contribution is -0.119. The summed E-state index contributed by atoms with van der Waals surface area (Å²) >= 11 is 7.60. The van der Waals surface area contributed by atoms with Gasteiger partial charge in [-0.3, -0.25) is 4.79 Å². The topological polar surface area (TPSA) is 29.1 Å². The molecule has 1 N–H and O–H groups in total. The van der Waals surface area contributed by atoms with Gasteiger partial charge in [0.1, 0.15) is 0 Å². The Hall–Kier alpha value is -1.45. The molecule has 25 heavy (non-hydrogen) atoms. The van der Waals surface area contributed by atoms with Gasteiger partial charge >= 0.3 is 0 Å². The average Bonchev–Trinajstić information content (AvgIpc) is 2.61. The van der Waals surface area contributed by atoms with E-state index in [4.69, 9.17) is 11.6 Å². The second-order valence-electron chi connectivity index (χ2n) is 6.65. The van der Waals surface area contributed by atoms with Gasteiger partial charge in [0.05, 0.1) is 11.8 Å². The molecule has 1 aliphatic rings. The minimum atomic E-state index is 0.0477. The zero-order valence-corrected chi connectivity index (χ0v) is 16.1. The van der Waals surface area contributed by atoms with E-state index in [2.05, 4.69) is 30.4 Å². The summed E-state index contributed by atoms with van der Waals surface area (Å²) in [7, 11) is 0. The van der Waals surface area contributed by atoms with Crippen LogP contribution in [0.2, 0.25) is 5.02 Å². The van der Waals surface area contributed by atoms with Gasteiger partial charge in [-0.05, 0) is 67.0 Å². The summed E-state index contributed by atoms with van der Waals surface area (Å²) in [4.78, 5) is 12.2. The number of aryl methyl sites for hydroxylation is 2. The highest BCUT2D eigenvalue weighted by Crippen LogP contribution is 2.25. The molecule has 2 aromatic rings. The van der Waals surface area contributed by atoms with Crippen LogP contribution in [-0.4, -0.2) is 11.7 Å². The number of hydrogen-bond acceptors (Lipinski definition) is 2. The maximum Gasteiger partial charge on any atom is 0.230 e. The Morgan fingerprint density at radius 1 is 1.16 bits per heavy atom. The SMILES string of the molecule is CC(NC(=O)CSCc1cccc(Cl)c1)c1ccc2c(c1)CCCC2. The van der Waals surface area contributed by atoms with E-state index < -0.39 is 0 Å². The summed E-state index contributed by atoms with van der Waals surface area (Å²) in [5.41, 5.74) is 5.28. The summed E-state index contributed by atoms with van der Waals surface area (Å²) in [6.07, 6.45) is 4.93. The Labute approximate surface area is 159 Å². The molecule has 0 spiro atoms.